The summed E-state index contributed by atoms with van der Waals surface area (Å²) >= 11 is 0. The number of halogens is 4. The minimum absolute atomic E-state index is 0.235. The van der Waals surface area contributed by atoms with Crippen LogP contribution in [-0.4, -0.2) is 17.6 Å². The van der Waals surface area contributed by atoms with Gasteiger partial charge in [-0.3, -0.25) is 0 Å². The first-order valence-electron chi connectivity index (χ1n) is 8.19. The van der Waals surface area contributed by atoms with E-state index in [4.69, 9.17) is 0 Å². The molecule has 0 radical (unpaired) electrons. The summed E-state index contributed by atoms with van der Waals surface area (Å²) in [7, 11) is -6.63. The van der Waals surface area contributed by atoms with Crippen LogP contribution in [0.3, 0.4) is 0 Å². The van der Waals surface area contributed by atoms with Gasteiger partial charge in [0.2, 0.25) is 0 Å². The summed E-state index contributed by atoms with van der Waals surface area (Å²) in [6, 6.07) is 9.33. The highest BCUT2D eigenvalue weighted by Crippen LogP contribution is 2.58. The molecule has 1 aromatic rings. The number of hydrogen-bond donors (Lipinski definition) is 0. The Labute approximate surface area is 146 Å². The molecule has 0 saturated heterocycles. The van der Waals surface area contributed by atoms with Gasteiger partial charge in [0.25, 0.3) is 0 Å². The second-order valence-corrected chi connectivity index (χ2v) is 13.5. The van der Waals surface area contributed by atoms with Crippen molar-refractivity contribution in [3.8, 4) is 0 Å². The maximum absolute atomic E-state index is 9.75. The van der Waals surface area contributed by atoms with Crippen molar-refractivity contribution >= 4 is 20.5 Å². The van der Waals surface area contributed by atoms with E-state index < -0.39 is 15.2 Å². The van der Waals surface area contributed by atoms with Crippen LogP contribution in [0.5, 0.6) is 0 Å². The zero-order valence-corrected chi connectivity index (χ0v) is 17.4. The van der Waals surface area contributed by atoms with Gasteiger partial charge in [-0.1, -0.05) is 32.9 Å². The van der Waals surface area contributed by atoms with E-state index in [9.17, 15) is 17.3 Å². The lowest BCUT2D eigenvalue weighted by Crippen LogP contribution is -2.31. The topological polar surface area (TPSA) is 0 Å². The van der Waals surface area contributed by atoms with Gasteiger partial charge >= 0.3 is 7.25 Å². The molecule has 1 rings (SSSR count). The Bertz CT molecular complexity index is 500. The van der Waals surface area contributed by atoms with Crippen LogP contribution in [0.2, 0.25) is 0 Å². The Kier molecular flexibility index (Phi) is 7.58. The first-order valence-corrected chi connectivity index (χ1v) is 9.69. The lowest BCUT2D eigenvalue weighted by atomic mass is 9.87. The van der Waals surface area contributed by atoms with Crippen LogP contribution in [0.25, 0.3) is 0 Å². The van der Waals surface area contributed by atoms with Gasteiger partial charge in [0.1, 0.15) is 0 Å². The van der Waals surface area contributed by atoms with Crippen molar-refractivity contribution in [2.75, 3.05) is 0 Å². The average Bonchev–Trinajstić information content (AvgIpc) is 2.21. The highest BCUT2D eigenvalue weighted by atomic mass is 31.1. The van der Waals surface area contributed by atoms with Gasteiger partial charge in [-0.2, -0.15) is 0 Å². The van der Waals surface area contributed by atoms with E-state index in [1.807, 2.05) is 0 Å². The first kappa shape index (κ1) is 23.4. The van der Waals surface area contributed by atoms with Crippen molar-refractivity contribution in [1.29, 1.82) is 0 Å². The van der Waals surface area contributed by atoms with E-state index in [1.54, 1.807) is 5.30 Å². The van der Waals surface area contributed by atoms with Gasteiger partial charge in [0, 0.05) is 7.92 Å². The molecule has 0 aliphatic rings. The molecule has 1 aromatic carbocycles. The SMILES string of the molecule is CC(C)(C)c1cccc([PH+](C(C)(C)C)C(C)(C)C)c1.F[B-](F)(F)F. The number of benzene rings is 1. The molecule has 0 spiro atoms. The van der Waals surface area contributed by atoms with E-state index in [0.29, 0.717) is 10.3 Å². The minimum Gasteiger partial charge on any atom is -0.418 e. The zero-order valence-electron chi connectivity index (χ0n) is 16.4. The summed E-state index contributed by atoms with van der Waals surface area (Å²) in [5.74, 6) is 0. The molecule has 0 bridgehead atoms. The van der Waals surface area contributed by atoms with Crippen molar-refractivity contribution < 1.29 is 17.3 Å². The van der Waals surface area contributed by atoms with Crippen LogP contribution in [0.15, 0.2) is 24.3 Å². The Hall–Kier alpha value is -0.565. The van der Waals surface area contributed by atoms with Gasteiger partial charge in [0.05, 0.1) is 15.6 Å². The third-order valence-electron chi connectivity index (χ3n) is 3.52. The van der Waals surface area contributed by atoms with Crippen molar-refractivity contribution in [1.82, 2.24) is 0 Å². The molecule has 0 nitrogen and oxygen atoms in total. The Morgan fingerprint density at radius 3 is 1.42 bits per heavy atom. The molecule has 0 atom stereocenters. The van der Waals surface area contributed by atoms with Crippen LogP contribution < -0.4 is 5.30 Å². The molecule has 0 N–H and O–H groups in total. The molecule has 0 fully saturated rings. The van der Waals surface area contributed by atoms with Crippen LogP contribution in [0.4, 0.5) is 17.3 Å². The van der Waals surface area contributed by atoms with E-state index in [-0.39, 0.29) is 5.41 Å². The van der Waals surface area contributed by atoms with E-state index >= 15 is 0 Å². The molecule has 0 aromatic heterocycles. The highest BCUT2D eigenvalue weighted by Gasteiger charge is 2.43. The summed E-state index contributed by atoms with van der Waals surface area (Å²) < 4.78 is 39.0. The van der Waals surface area contributed by atoms with Crippen LogP contribution >= 0.6 is 7.92 Å². The molecule has 24 heavy (non-hydrogen) atoms. The maximum Gasteiger partial charge on any atom is 0.673 e. The van der Waals surface area contributed by atoms with Crippen LogP contribution in [0.1, 0.15) is 67.9 Å². The third-order valence-corrected chi connectivity index (χ3v) is 7.41. The Morgan fingerprint density at radius 1 is 0.750 bits per heavy atom. The second-order valence-electron chi connectivity index (χ2n) is 9.20. The summed E-state index contributed by atoms with van der Waals surface area (Å²) in [6.45, 7) is 21.3. The van der Waals surface area contributed by atoms with Crippen LogP contribution in [0, 0.1) is 0 Å². The largest absolute Gasteiger partial charge is 0.673 e. The monoisotopic (exact) mass is 366 g/mol. The van der Waals surface area contributed by atoms with Crippen molar-refractivity contribution in [2.24, 2.45) is 0 Å². The lowest BCUT2D eigenvalue weighted by molar-refractivity contribution is 0.368. The normalized spacial score (nSPS) is 13.6. The zero-order chi connectivity index (χ0) is 19.6. The molecule has 140 valence electrons. The average molecular weight is 366 g/mol. The Balaban J connectivity index is 0.000000922. The maximum atomic E-state index is 9.75. The van der Waals surface area contributed by atoms with Gasteiger partial charge in [-0.05, 0) is 64.7 Å². The van der Waals surface area contributed by atoms with Crippen molar-refractivity contribution in [3.05, 3.63) is 29.8 Å². The van der Waals surface area contributed by atoms with Gasteiger partial charge in [-0.15, -0.1) is 0 Å². The number of hydrogen-bond acceptors (Lipinski definition) is 0. The van der Waals surface area contributed by atoms with Gasteiger partial charge < -0.3 is 17.3 Å². The van der Waals surface area contributed by atoms with E-state index in [2.05, 4.69) is 86.6 Å². The summed E-state index contributed by atoms with van der Waals surface area (Å²) in [5.41, 5.74) is 1.69. The standard InChI is InChI=1S/C18H31P.BF4/c1-16(2,3)14-11-10-12-15(13-14)19(17(4,5)6)18(7,8)9;2-1(3,4)5/h10-13H,1-9H3;/q;-1/p+1. The predicted molar refractivity (Wildman–Crippen MR) is 103 cm³/mol. The summed E-state index contributed by atoms with van der Waals surface area (Å²) in [4.78, 5) is 0. The molecule has 0 aliphatic carbocycles. The highest BCUT2D eigenvalue weighted by molar-refractivity contribution is 7.68. The molecule has 0 amide bonds. The lowest BCUT2D eigenvalue weighted by Gasteiger charge is -2.34. The smallest absolute Gasteiger partial charge is 0.418 e. The molecule has 0 unspecified atom stereocenters. The van der Waals surface area contributed by atoms with Crippen molar-refractivity contribution in [2.45, 2.75) is 78.0 Å². The molecule has 0 saturated carbocycles. The fraction of sp³-hybridized carbons (Fsp3) is 0.667. The molecular formula is C18H32BF4P. The molecule has 0 heterocycles. The van der Waals surface area contributed by atoms with Gasteiger partial charge in [0.15, 0.2) is 0 Å². The van der Waals surface area contributed by atoms with E-state index in [0.717, 1.165) is 0 Å². The fourth-order valence-corrected chi connectivity index (χ4v) is 7.68. The van der Waals surface area contributed by atoms with Gasteiger partial charge in [-0.25, -0.2) is 0 Å². The van der Waals surface area contributed by atoms with E-state index in [1.165, 1.54) is 5.56 Å². The first-order chi connectivity index (χ1) is 10.3. The summed E-state index contributed by atoms with van der Waals surface area (Å²) in [5, 5.41) is 2.33. The molecule has 6 heteroatoms. The predicted octanol–water partition coefficient (Wildman–Crippen LogP) is 6.72. The minimum atomic E-state index is -6.00. The summed E-state index contributed by atoms with van der Waals surface area (Å²) in [6.07, 6.45) is 0. The Morgan fingerprint density at radius 2 is 1.12 bits per heavy atom. The van der Waals surface area contributed by atoms with Crippen molar-refractivity contribution in [3.63, 3.8) is 0 Å². The number of rotatable bonds is 1. The second kappa shape index (κ2) is 7.76. The third kappa shape index (κ3) is 9.06. The quantitative estimate of drug-likeness (QED) is 0.294. The molecular weight excluding hydrogens is 334 g/mol. The molecule has 0 aliphatic heterocycles. The van der Waals surface area contributed by atoms with Crippen LogP contribution in [-0.2, 0) is 5.41 Å². The fourth-order valence-electron chi connectivity index (χ4n) is 3.13.